The van der Waals surface area contributed by atoms with E-state index in [0.29, 0.717) is 19.5 Å². The summed E-state index contributed by atoms with van der Waals surface area (Å²) in [5.74, 6) is 0.924. The average molecular weight is 364 g/mol. The SMILES string of the molecule is O=C(NCCCN1CCCC1)N1CCN(Cc2ccco2)C(CCO)C1. The molecule has 7 nitrogen and oxygen atoms in total. The Morgan fingerprint density at radius 1 is 1.27 bits per heavy atom. The number of urea groups is 1. The maximum Gasteiger partial charge on any atom is 0.317 e. The van der Waals surface area contributed by atoms with E-state index < -0.39 is 0 Å². The van der Waals surface area contributed by atoms with E-state index in [0.717, 1.165) is 38.4 Å². The maximum absolute atomic E-state index is 12.5. The molecule has 7 heteroatoms. The molecule has 2 aliphatic heterocycles. The van der Waals surface area contributed by atoms with Crippen molar-refractivity contribution in [1.29, 1.82) is 0 Å². The van der Waals surface area contributed by atoms with Gasteiger partial charge in [-0.15, -0.1) is 0 Å². The molecule has 0 aromatic carbocycles. The van der Waals surface area contributed by atoms with Gasteiger partial charge in [-0.2, -0.15) is 0 Å². The van der Waals surface area contributed by atoms with Crippen molar-refractivity contribution in [1.82, 2.24) is 20.0 Å². The van der Waals surface area contributed by atoms with Crippen LogP contribution in [0.25, 0.3) is 0 Å². The second-order valence-electron chi connectivity index (χ2n) is 7.30. The maximum atomic E-state index is 12.5. The molecule has 3 heterocycles. The lowest BCUT2D eigenvalue weighted by molar-refractivity contribution is 0.0636. The summed E-state index contributed by atoms with van der Waals surface area (Å²) in [7, 11) is 0. The van der Waals surface area contributed by atoms with Gasteiger partial charge in [0.25, 0.3) is 0 Å². The van der Waals surface area contributed by atoms with Gasteiger partial charge in [0.2, 0.25) is 0 Å². The Kier molecular flexibility index (Phi) is 7.34. The van der Waals surface area contributed by atoms with Crippen molar-refractivity contribution in [3.63, 3.8) is 0 Å². The number of piperazine rings is 1. The Bertz CT molecular complexity index is 531. The normalized spacial score (nSPS) is 22.0. The van der Waals surface area contributed by atoms with Gasteiger partial charge in [-0.3, -0.25) is 4.90 Å². The number of furan rings is 1. The van der Waals surface area contributed by atoms with Crippen LogP contribution in [0.4, 0.5) is 4.79 Å². The molecule has 1 aromatic heterocycles. The molecule has 1 unspecified atom stereocenters. The summed E-state index contributed by atoms with van der Waals surface area (Å²) in [6.07, 6.45) is 5.97. The van der Waals surface area contributed by atoms with E-state index >= 15 is 0 Å². The minimum atomic E-state index is 0.0204. The molecule has 0 radical (unpaired) electrons. The van der Waals surface area contributed by atoms with Gasteiger partial charge in [0.05, 0.1) is 12.8 Å². The van der Waals surface area contributed by atoms with Crippen LogP contribution >= 0.6 is 0 Å². The third-order valence-electron chi connectivity index (χ3n) is 5.42. The number of nitrogens with one attached hydrogen (secondary N) is 1. The molecule has 2 amide bonds. The Morgan fingerprint density at radius 3 is 2.85 bits per heavy atom. The van der Waals surface area contributed by atoms with Gasteiger partial charge >= 0.3 is 6.03 Å². The summed E-state index contributed by atoms with van der Waals surface area (Å²) in [4.78, 5) is 19.1. The predicted molar refractivity (Wildman–Crippen MR) is 99.9 cm³/mol. The molecular formula is C19H32N4O3. The van der Waals surface area contributed by atoms with E-state index in [4.69, 9.17) is 4.42 Å². The van der Waals surface area contributed by atoms with Crippen LogP contribution in [0.2, 0.25) is 0 Å². The minimum absolute atomic E-state index is 0.0204. The van der Waals surface area contributed by atoms with E-state index in [9.17, 15) is 9.90 Å². The third-order valence-corrected chi connectivity index (χ3v) is 5.42. The van der Waals surface area contributed by atoms with E-state index in [2.05, 4.69) is 15.1 Å². The van der Waals surface area contributed by atoms with Crippen molar-refractivity contribution in [3.05, 3.63) is 24.2 Å². The molecule has 0 bridgehead atoms. The highest BCUT2D eigenvalue weighted by molar-refractivity contribution is 5.74. The number of carbonyl (C=O) groups excluding carboxylic acids is 1. The standard InChI is InChI=1S/C19H32N4O3/c24-13-6-17-15-23(12-11-22(17)16-18-5-3-14-26-18)19(25)20-7-4-10-21-8-1-2-9-21/h3,5,14,17,24H,1-2,4,6-13,15-16H2,(H,20,25). The lowest BCUT2D eigenvalue weighted by Crippen LogP contribution is -2.56. The fourth-order valence-corrected chi connectivity index (χ4v) is 3.93. The van der Waals surface area contributed by atoms with Gasteiger partial charge in [-0.05, 0) is 57.5 Å². The molecule has 146 valence electrons. The van der Waals surface area contributed by atoms with Crippen LogP contribution in [0.1, 0.15) is 31.4 Å². The number of rotatable bonds is 8. The van der Waals surface area contributed by atoms with Crippen molar-refractivity contribution >= 4 is 6.03 Å². The molecule has 0 spiro atoms. The molecule has 1 atom stereocenters. The number of nitrogens with zero attached hydrogens (tertiary/aromatic N) is 3. The fraction of sp³-hybridized carbons (Fsp3) is 0.737. The first-order chi connectivity index (χ1) is 12.8. The van der Waals surface area contributed by atoms with Crippen LogP contribution in [-0.2, 0) is 6.54 Å². The number of aliphatic hydroxyl groups is 1. The smallest absolute Gasteiger partial charge is 0.317 e. The molecule has 2 N–H and O–H groups in total. The molecule has 2 fully saturated rings. The molecular weight excluding hydrogens is 332 g/mol. The highest BCUT2D eigenvalue weighted by atomic mass is 16.3. The highest BCUT2D eigenvalue weighted by Crippen LogP contribution is 2.17. The first-order valence-electron chi connectivity index (χ1n) is 9.88. The van der Waals surface area contributed by atoms with Crippen molar-refractivity contribution < 1.29 is 14.3 Å². The number of carbonyl (C=O) groups is 1. The number of hydrogen-bond acceptors (Lipinski definition) is 5. The summed E-state index contributed by atoms with van der Waals surface area (Å²) in [6.45, 7) is 7.22. The summed E-state index contributed by atoms with van der Waals surface area (Å²) in [5, 5.41) is 12.5. The fourth-order valence-electron chi connectivity index (χ4n) is 3.93. The van der Waals surface area contributed by atoms with Gasteiger partial charge in [-0.25, -0.2) is 4.79 Å². The van der Waals surface area contributed by atoms with Crippen molar-refractivity contribution in [3.8, 4) is 0 Å². The van der Waals surface area contributed by atoms with Crippen LogP contribution in [0.3, 0.4) is 0 Å². The zero-order valence-electron chi connectivity index (χ0n) is 15.6. The average Bonchev–Trinajstić information content (AvgIpc) is 3.34. The topological polar surface area (TPSA) is 72.2 Å². The molecule has 0 aliphatic carbocycles. The Hall–Kier alpha value is -1.57. The largest absolute Gasteiger partial charge is 0.468 e. The van der Waals surface area contributed by atoms with E-state index in [-0.39, 0.29) is 18.7 Å². The molecule has 1 aromatic rings. The lowest BCUT2D eigenvalue weighted by Gasteiger charge is -2.41. The number of hydrogen-bond donors (Lipinski definition) is 2. The van der Waals surface area contributed by atoms with Crippen molar-refractivity contribution in [2.45, 2.75) is 38.3 Å². The summed E-state index contributed by atoms with van der Waals surface area (Å²) >= 11 is 0. The molecule has 0 saturated carbocycles. The van der Waals surface area contributed by atoms with Crippen LogP contribution in [0.5, 0.6) is 0 Å². The quantitative estimate of drug-likeness (QED) is 0.681. The van der Waals surface area contributed by atoms with Gasteiger partial charge < -0.3 is 24.6 Å². The molecule has 26 heavy (non-hydrogen) atoms. The Balaban J connectivity index is 1.41. The summed E-state index contributed by atoms with van der Waals surface area (Å²) < 4.78 is 5.44. The monoisotopic (exact) mass is 364 g/mol. The van der Waals surface area contributed by atoms with Gasteiger partial charge in [0, 0.05) is 38.8 Å². The summed E-state index contributed by atoms with van der Waals surface area (Å²) in [5.41, 5.74) is 0. The zero-order chi connectivity index (χ0) is 18.2. The first kappa shape index (κ1) is 19.2. The molecule has 2 saturated heterocycles. The third kappa shape index (κ3) is 5.46. The second-order valence-corrected chi connectivity index (χ2v) is 7.30. The van der Waals surface area contributed by atoms with Crippen LogP contribution in [0.15, 0.2) is 22.8 Å². The van der Waals surface area contributed by atoms with E-state index in [1.54, 1.807) is 6.26 Å². The van der Waals surface area contributed by atoms with Crippen molar-refractivity contribution in [2.75, 3.05) is 52.4 Å². The molecule has 2 aliphatic rings. The lowest BCUT2D eigenvalue weighted by atomic mass is 10.1. The van der Waals surface area contributed by atoms with Gasteiger partial charge in [-0.1, -0.05) is 0 Å². The summed E-state index contributed by atoms with van der Waals surface area (Å²) in [6, 6.07) is 4.04. The van der Waals surface area contributed by atoms with Crippen molar-refractivity contribution in [2.24, 2.45) is 0 Å². The van der Waals surface area contributed by atoms with Crippen LogP contribution in [0, 0.1) is 0 Å². The minimum Gasteiger partial charge on any atom is -0.468 e. The van der Waals surface area contributed by atoms with Gasteiger partial charge in [0.15, 0.2) is 0 Å². The van der Waals surface area contributed by atoms with Crippen LogP contribution < -0.4 is 5.32 Å². The van der Waals surface area contributed by atoms with Crippen LogP contribution in [-0.4, -0.2) is 84.3 Å². The highest BCUT2D eigenvalue weighted by Gasteiger charge is 2.29. The van der Waals surface area contributed by atoms with E-state index in [1.807, 2.05) is 17.0 Å². The Labute approximate surface area is 155 Å². The predicted octanol–water partition coefficient (Wildman–Crippen LogP) is 1.34. The Morgan fingerprint density at radius 2 is 2.12 bits per heavy atom. The number of amides is 2. The number of likely N-dealkylation sites (tertiary alicyclic amines) is 1. The second kappa shape index (κ2) is 9.94. The van der Waals surface area contributed by atoms with E-state index in [1.165, 1.54) is 25.9 Å². The molecule has 3 rings (SSSR count). The first-order valence-corrected chi connectivity index (χ1v) is 9.88. The van der Waals surface area contributed by atoms with Gasteiger partial charge in [0.1, 0.15) is 5.76 Å². The zero-order valence-corrected chi connectivity index (χ0v) is 15.6. The number of aliphatic hydroxyl groups excluding tert-OH is 1.